The average molecular weight is 360 g/mol. The number of benzene rings is 1. The van der Waals surface area contributed by atoms with Crippen LogP contribution in [0, 0.1) is 11.3 Å². The quantitative estimate of drug-likeness (QED) is 0.827. The fourth-order valence-corrected chi connectivity index (χ4v) is 3.28. The first-order valence-corrected chi connectivity index (χ1v) is 8.41. The molecule has 1 aliphatic heterocycles. The van der Waals surface area contributed by atoms with E-state index in [1.165, 1.54) is 6.07 Å². The summed E-state index contributed by atoms with van der Waals surface area (Å²) < 4.78 is 39.1. The van der Waals surface area contributed by atoms with Crippen molar-refractivity contribution in [3.8, 4) is 6.07 Å². The second kappa shape index (κ2) is 7.24. The minimum Gasteiger partial charge on any atom is -0.369 e. The molecule has 2 heterocycles. The molecule has 1 unspecified atom stereocenters. The zero-order valence-corrected chi connectivity index (χ0v) is 14.4. The van der Waals surface area contributed by atoms with E-state index in [4.69, 9.17) is 0 Å². The molecule has 7 heteroatoms. The molecule has 26 heavy (non-hydrogen) atoms. The third-order valence-electron chi connectivity index (χ3n) is 4.69. The highest BCUT2D eigenvalue weighted by Crippen LogP contribution is 2.32. The van der Waals surface area contributed by atoms with Gasteiger partial charge in [-0.15, -0.1) is 0 Å². The molecule has 2 aromatic rings. The van der Waals surface area contributed by atoms with Crippen LogP contribution in [0.3, 0.4) is 0 Å². The number of piperidine rings is 1. The zero-order chi connectivity index (χ0) is 18.7. The lowest BCUT2D eigenvalue weighted by molar-refractivity contribution is -0.141. The first kappa shape index (κ1) is 18.1. The van der Waals surface area contributed by atoms with E-state index in [9.17, 15) is 18.4 Å². The molecule has 0 spiro atoms. The van der Waals surface area contributed by atoms with Crippen LogP contribution in [0.25, 0.3) is 0 Å². The van der Waals surface area contributed by atoms with Gasteiger partial charge in [0.05, 0.1) is 5.56 Å². The van der Waals surface area contributed by atoms with E-state index in [2.05, 4.69) is 9.88 Å². The van der Waals surface area contributed by atoms with E-state index in [0.29, 0.717) is 6.54 Å². The second-order valence-corrected chi connectivity index (χ2v) is 6.37. The van der Waals surface area contributed by atoms with Crippen molar-refractivity contribution in [1.82, 2.24) is 4.98 Å². The molecule has 1 fully saturated rings. The van der Waals surface area contributed by atoms with Gasteiger partial charge in [-0.1, -0.05) is 18.2 Å². The van der Waals surface area contributed by atoms with Crippen molar-refractivity contribution in [2.75, 3.05) is 29.9 Å². The maximum absolute atomic E-state index is 13.0. The van der Waals surface area contributed by atoms with E-state index in [1.54, 1.807) is 11.9 Å². The number of alkyl halides is 3. The molecule has 0 amide bonds. The Hall–Kier alpha value is -2.75. The smallest absolute Gasteiger partial charge is 0.369 e. The van der Waals surface area contributed by atoms with Gasteiger partial charge in [0.2, 0.25) is 0 Å². The van der Waals surface area contributed by atoms with Crippen LogP contribution in [0.1, 0.15) is 24.1 Å². The van der Waals surface area contributed by atoms with Crippen molar-refractivity contribution < 1.29 is 13.2 Å². The molecule has 0 radical (unpaired) electrons. The van der Waals surface area contributed by atoms with Crippen molar-refractivity contribution in [3.63, 3.8) is 0 Å². The van der Waals surface area contributed by atoms with Gasteiger partial charge in [-0.2, -0.15) is 18.4 Å². The number of para-hydroxylation sites is 1. The highest BCUT2D eigenvalue weighted by molar-refractivity contribution is 5.56. The van der Waals surface area contributed by atoms with Gasteiger partial charge in [0, 0.05) is 31.9 Å². The van der Waals surface area contributed by atoms with Gasteiger partial charge < -0.3 is 9.80 Å². The summed E-state index contributed by atoms with van der Waals surface area (Å²) in [5.41, 5.74) is 0.259. The lowest BCUT2D eigenvalue weighted by Gasteiger charge is -2.39. The third kappa shape index (κ3) is 3.74. The van der Waals surface area contributed by atoms with Crippen LogP contribution < -0.4 is 9.80 Å². The first-order valence-electron chi connectivity index (χ1n) is 8.41. The summed E-state index contributed by atoms with van der Waals surface area (Å²) in [4.78, 5) is 7.67. The van der Waals surface area contributed by atoms with Gasteiger partial charge in [-0.05, 0) is 37.1 Å². The second-order valence-electron chi connectivity index (χ2n) is 6.37. The Morgan fingerprint density at radius 1 is 1.19 bits per heavy atom. The summed E-state index contributed by atoms with van der Waals surface area (Å²) in [5.74, 6) is 0.0854. The fraction of sp³-hybridized carbons (Fsp3) is 0.368. The summed E-state index contributed by atoms with van der Waals surface area (Å²) in [7, 11) is 1.71. The number of hydrogen-bond acceptors (Lipinski definition) is 4. The van der Waals surface area contributed by atoms with Crippen molar-refractivity contribution >= 4 is 11.5 Å². The van der Waals surface area contributed by atoms with Gasteiger partial charge in [-0.3, -0.25) is 0 Å². The summed E-state index contributed by atoms with van der Waals surface area (Å²) in [6, 6.07) is 13.9. The Kier molecular flexibility index (Phi) is 5.03. The Morgan fingerprint density at radius 2 is 1.92 bits per heavy atom. The molecule has 0 saturated carbocycles. The minimum absolute atomic E-state index is 0.0213. The average Bonchev–Trinajstić information content (AvgIpc) is 2.67. The van der Waals surface area contributed by atoms with Crippen LogP contribution in [0.4, 0.5) is 24.7 Å². The number of likely N-dealkylation sites (N-methyl/N-ethyl adjacent to an activating group) is 1. The number of halogens is 3. The molecular weight excluding hydrogens is 341 g/mol. The molecule has 3 rings (SSSR count). The summed E-state index contributed by atoms with van der Waals surface area (Å²) in [6.07, 6.45) is -2.78. The number of hydrogen-bond donors (Lipinski definition) is 0. The lowest BCUT2D eigenvalue weighted by Crippen LogP contribution is -2.47. The largest absolute Gasteiger partial charge is 0.433 e. The predicted octanol–water partition coefficient (Wildman–Crippen LogP) is 4.08. The van der Waals surface area contributed by atoms with Crippen molar-refractivity contribution in [2.45, 2.75) is 25.1 Å². The van der Waals surface area contributed by atoms with Crippen LogP contribution >= 0.6 is 0 Å². The molecule has 1 aromatic heterocycles. The zero-order valence-electron chi connectivity index (χ0n) is 14.4. The molecule has 0 N–H and O–H groups in total. The highest BCUT2D eigenvalue weighted by Gasteiger charge is 2.34. The van der Waals surface area contributed by atoms with Crippen molar-refractivity contribution in [3.05, 3.63) is 53.7 Å². The fourth-order valence-electron chi connectivity index (χ4n) is 3.28. The van der Waals surface area contributed by atoms with Crippen LogP contribution in [-0.2, 0) is 6.18 Å². The minimum atomic E-state index is -4.54. The molecule has 1 aromatic carbocycles. The Labute approximate surface area is 150 Å². The summed E-state index contributed by atoms with van der Waals surface area (Å²) in [5, 5.41) is 9.28. The maximum atomic E-state index is 13.0. The third-order valence-corrected chi connectivity index (χ3v) is 4.69. The Morgan fingerprint density at radius 3 is 2.58 bits per heavy atom. The van der Waals surface area contributed by atoms with E-state index < -0.39 is 11.9 Å². The SMILES string of the molecule is CN(c1nc(C(F)(F)F)ccc1C#N)C1CCCN(c2ccccc2)C1. The normalized spacial score (nSPS) is 17.7. The van der Waals surface area contributed by atoms with Crippen LogP contribution in [0.5, 0.6) is 0 Å². The van der Waals surface area contributed by atoms with Crippen LogP contribution in [0.15, 0.2) is 42.5 Å². The Balaban J connectivity index is 1.86. The monoisotopic (exact) mass is 360 g/mol. The van der Waals surface area contributed by atoms with Crippen LogP contribution in [-0.4, -0.2) is 31.2 Å². The first-order chi connectivity index (χ1) is 12.4. The van der Waals surface area contributed by atoms with E-state index in [1.807, 2.05) is 36.4 Å². The maximum Gasteiger partial charge on any atom is 0.433 e. The summed E-state index contributed by atoms with van der Waals surface area (Å²) in [6.45, 7) is 1.57. The van der Waals surface area contributed by atoms with Gasteiger partial charge in [0.25, 0.3) is 0 Å². The van der Waals surface area contributed by atoms with E-state index in [-0.39, 0.29) is 17.4 Å². The number of anilines is 2. The number of pyridine rings is 1. The molecule has 0 bridgehead atoms. The topological polar surface area (TPSA) is 43.2 Å². The molecule has 136 valence electrons. The van der Waals surface area contributed by atoms with Crippen molar-refractivity contribution in [2.24, 2.45) is 0 Å². The van der Waals surface area contributed by atoms with Gasteiger partial charge in [0.1, 0.15) is 17.6 Å². The van der Waals surface area contributed by atoms with Crippen molar-refractivity contribution in [1.29, 1.82) is 5.26 Å². The molecule has 0 aliphatic carbocycles. The molecule has 1 aliphatic rings. The van der Waals surface area contributed by atoms with Gasteiger partial charge >= 0.3 is 6.18 Å². The van der Waals surface area contributed by atoms with Crippen LogP contribution in [0.2, 0.25) is 0 Å². The molecule has 4 nitrogen and oxygen atoms in total. The highest BCUT2D eigenvalue weighted by atomic mass is 19.4. The van der Waals surface area contributed by atoms with E-state index in [0.717, 1.165) is 31.1 Å². The molecular formula is C19H19F3N4. The van der Waals surface area contributed by atoms with Gasteiger partial charge in [0.15, 0.2) is 0 Å². The number of aromatic nitrogens is 1. The number of nitriles is 1. The molecule has 1 atom stereocenters. The standard InChI is InChI=1S/C19H19F3N4/c1-25(18-14(12-23)9-10-17(24-18)19(20,21)22)16-8-5-11-26(13-16)15-6-3-2-4-7-15/h2-4,6-7,9-10,16H,5,8,11,13H2,1H3. The predicted molar refractivity (Wildman–Crippen MR) is 94.0 cm³/mol. The Bertz CT molecular complexity index is 799. The number of rotatable bonds is 3. The summed E-state index contributed by atoms with van der Waals surface area (Å²) >= 11 is 0. The number of nitrogens with zero attached hydrogens (tertiary/aromatic N) is 4. The van der Waals surface area contributed by atoms with Gasteiger partial charge in [-0.25, -0.2) is 4.98 Å². The molecule has 1 saturated heterocycles. The lowest BCUT2D eigenvalue weighted by atomic mass is 10.0. The van der Waals surface area contributed by atoms with E-state index >= 15 is 0 Å².